The van der Waals surface area contributed by atoms with Crippen molar-refractivity contribution in [3.05, 3.63) is 53.6 Å². The molecule has 0 bridgehead atoms. The van der Waals surface area contributed by atoms with Gasteiger partial charge >= 0.3 is 0 Å². The summed E-state index contributed by atoms with van der Waals surface area (Å²) < 4.78 is 5.35. The number of hydrogen-bond donors (Lipinski definition) is 1. The molecule has 0 saturated heterocycles. The topological polar surface area (TPSA) is 58.6 Å². The van der Waals surface area contributed by atoms with Gasteiger partial charge in [0.2, 0.25) is 5.91 Å². The van der Waals surface area contributed by atoms with Gasteiger partial charge in [0.15, 0.2) is 0 Å². The van der Waals surface area contributed by atoms with Crippen molar-refractivity contribution < 1.29 is 14.3 Å². The largest absolute Gasteiger partial charge is 0.494 e. The molecule has 0 aromatic heterocycles. The number of benzene rings is 2. The molecule has 0 spiro atoms. The molecule has 0 aliphatic carbocycles. The average Bonchev–Trinajstić information content (AvgIpc) is 2.92. The highest BCUT2D eigenvalue weighted by molar-refractivity contribution is 6.10. The van der Waals surface area contributed by atoms with Crippen LogP contribution < -0.4 is 15.0 Å². The minimum absolute atomic E-state index is 0.0204. The molecular formula is C18H18N2O3. The molecule has 1 aliphatic rings. The Labute approximate surface area is 134 Å². The molecule has 2 amide bonds. The Morgan fingerprint density at radius 2 is 2.04 bits per heavy atom. The van der Waals surface area contributed by atoms with Gasteiger partial charge in [-0.2, -0.15) is 0 Å². The minimum Gasteiger partial charge on any atom is -0.494 e. The van der Waals surface area contributed by atoms with Gasteiger partial charge in [0.1, 0.15) is 5.75 Å². The van der Waals surface area contributed by atoms with Crippen molar-refractivity contribution in [2.75, 3.05) is 17.3 Å². The lowest BCUT2D eigenvalue weighted by atomic mass is 10.1. The number of hydrogen-bond acceptors (Lipinski definition) is 3. The van der Waals surface area contributed by atoms with Crippen molar-refractivity contribution in [3.8, 4) is 5.75 Å². The van der Waals surface area contributed by atoms with E-state index >= 15 is 0 Å². The Balaban J connectivity index is 1.90. The van der Waals surface area contributed by atoms with Crippen molar-refractivity contribution in [2.45, 2.75) is 19.9 Å². The Bertz CT molecular complexity index is 771. The van der Waals surface area contributed by atoms with Crippen molar-refractivity contribution in [1.29, 1.82) is 0 Å². The number of carbonyl (C=O) groups excluding carboxylic acids is 2. The van der Waals surface area contributed by atoms with Crippen LogP contribution in [0.2, 0.25) is 0 Å². The predicted molar refractivity (Wildman–Crippen MR) is 88.9 cm³/mol. The van der Waals surface area contributed by atoms with Crippen LogP contribution in [0.1, 0.15) is 29.3 Å². The highest BCUT2D eigenvalue weighted by Crippen LogP contribution is 2.34. The van der Waals surface area contributed by atoms with Crippen LogP contribution in [0.3, 0.4) is 0 Å². The van der Waals surface area contributed by atoms with E-state index in [0.717, 1.165) is 16.8 Å². The first-order valence-electron chi connectivity index (χ1n) is 7.51. The summed E-state index contributed by atoms with van der Waals surface area (Å²) in [6, 6.07) is 12.9. The van der Waals surface area contributed by atoms with Gasteiger partial charge in [-0.15, -0.1) is 0 Å². The number of anilines is 2. The molecule has 0 atom stereocenters. The predicted octanol–water partition coefficient (Wildman–Crippen LogP) is 3.20. The molecule has 5 heteroatoms. The maximum atomic E-state index is 12.5. The molecule has 2 aromatic carbocycles. The van der Waals surface area contributed by atoms with E-state index in [1.54, 1.807) is 31.1 Å². The van der Waals surface area contributed by atoms with Crippen molar-refractivity contribution in [1.82, 2.24) is 0 Å². The second-order valence-electron chi connectivity index (χ2n) is 5.33. The molecule has 0 unspecified atom stereocenters. The van der Waals surface area contributed by atoms with Crippen molar-refractivity contribution >= 4 is 23.2 Å². The van der Waals surface area contributed by atoms with Crippen LogP contribution >= 0.6 is 0 Å². The molecule has 0 fully saturated rings. The van der Waals surface area contributed by atoms with E-state index in [2.05, 4.69) is 5.32 Å². The van der Waals surface area contributed by atoms with Gasteiger partial charge in [0.25, 0.3) is 5.91 Å². The van der Waals surface area contributed by atoms with Crippen LogP contribution in [-0.2, 0) is 11.3 Å². The van der Waals surface area contributed by atoms with Gasteiger partial charge in [0, 0.05) is 23.7 Å². The van der Waals surface area contributed by atoms with Crippen LogP contribution in [0.15, 0.2) is 42.5 Å². The van der Waals surface area contributed by atoms with Crippen LogP contribution in [-0.4, -0.2) is 18.9 Å². The lowest BCUT2D eigenvalue weighted by Gasteiger charge is -2.18. The first-order valence-corrected chi connectivity index (χ1v) is 7.51. The summed E-state index contributed by atoms with van der Waals surface area (Å²) >= 11 is 0. The zero-order chi connectivity index (χ0) is 16.4. The van der Waals surface area contributed by atoms with Crippen LogP contribution in [0.25, 0.3) is 0 Å². The Kier molecular flexibility index (Phi) is 4.02. The van der Waals surface area contributed by atoms with Crippen LogP contribution in [0.4, 0.5) is 11.4 Å². The highest BCUT2D eigenvalue weighted by Gasteiger charge is 2.28. The lowest BCUT2D eigenvalue weighted by molar-refractivity contribution is -0.115. The van der Waals surface area contributed by atoms with Gasteiger partial charge in [-0.1, -0.05) is 25.1 Å². The van der Waals surface area contributed by atoms with Crippen molar-refractivity contribution in [3.63, 3.8) is 0 Å². The van der Waals surface area contributed by atoms with Gasteiger partial charge in [-0.05, 0) is 23.8 Å². The van der Waals surface area contributed by atoms with Gasteiger partial charge in [-0.25, -0.2) is 0 Å². The summed E-state index contributed by atoms with van der Waals surface area (Å²) in [4.78, 5) is 25.8. The SMILES string of the molecule is CCC(=O)Nc1ccc(N2Cc3ccccc3C2=O)cc1OC. The monoisotopic (exact) mass is 310 g/mol. The fraction of sp³-hybridized carbons (Fsp3) is 0.222. The summed E-state index contributed by atoms with van der Waals surface area (Å²) in [5, 5.41) is 2.79. The minimum atomic E-state index is -0.0827. The van der Waals surface area contributed by atoms with Crippen LogP contribution in [0.5, 0.6) is 5.75 Å². The summed E-state index contributed by atoms with van der Waals surface area (Å²) in [7, 11) is 1.54. The van der Waals surface area contributed by atoms with E-state index in [1.165, 1.54) is 0 Å². The summed E-state index contributed by atoms with van der Waals surface area (Å²) in [6.07, 6.45) is 0.394. The molecule has 3 rings (SSSR count). The molecular weight excluding hydrogens is 292 g/mol. The number of rotatable bonds is 4. The van der Waals surface area contributed by atoms with E-state index in [1.807, 2.05) is 30.3 Å². The third-order valence-electron chi connectivity index (χ3n) is 3.91. The number of carbonyl (C=O) groups is 2. The standard InChI is InChI=1S/C18H18N2O3/c1-3-17(21)19-15-9-8-13(10-16(15)23-2)20-11-12-6-4-5-7-14(12)18(20)22/h4-10H,3,11H2,1-2H3,(H,19,21). The van der Waals surface area contributed by atoms with E-state index in [0.29, 0.717) is 24.4 Å². The van der Waals surface area contributed by atoms with E-state index in [-0.39, 0.29) is 11.8 Å². The second-order valence-corrected chi connectivity index (χ2v) is 5.33. The molecule has 2 aromatic rings. The summed E-state index contributed by atoms with van der Waals surface area (Å²) in [5.74, 6) is 0.432. The van der Waals surface area contributed by atoms with E-state index < -0.39 is 0 Å². The zero-order valence-corrected chi connectivity index (χ0v) is 13.1. The Hall–Kier alpha value is -2.82. The summed E-state index contributed by atoms with van der Waals surface area (Å²) in [5.41, 5.74) is 3.10. The number of nitrogens with one attached hydrogen (secondary N) is 1. The maximum Gasteiger partial charge on any atom is 0.258 e. The number of nitrogens with zero attached hydrogens (tertiary/aromatic N) is 1. The second kappa shape index (κ2) is 6.12. The van der Waals surface area contributed by atoms with Gasteiger partial charge in [0.05, 0.1) is 19.3 Å². The molecule has 23 heavy (non-hydrogen) atoms. The van der Waals surface area contributed by atoms with E-state index in [9.17, 15) is 9.59 Å². The molecule has 1 N–H and O–H groups in total. The smallest absolute Gasteiger partial charge is 0.258 e. The highest BCUT2D eigenvalue weighted by atomic mass is 16.5. The Morgan fingerprint density at radius 1 is 1.26 bits per heavy atom. The molecule has 1 heterocycles. The molecule has 118 valence electrons. The molecule has 1 aliphatic heterocycles. The number of amides is 2. The van der Waals surface area contributed by atoms with Gasteiger partial charge in [-0.3, -0.25) is 9.59 Å². The number of ether oxygens (including phenoxy) is 1. The quantitative estimate of drug-likeness (QED) is 0.943. The third-order valence-corrected chi connectivity index (χ3v) is 3.91. The molecule has 0 radical (unpaired) electrons. The third kappa shape index (κ3) is 2.77. The number of methoxy groups -OCH3 is 1. The summed E-state index contributed by atoms with van der Waals surface area (Å²) in [6.45, 7) is 2.33. The molecule has 0 saturated carbocycles. The molecule has 5 nitrogen and oxygen atoms in total. The fourth-order valence-electron chi connectivity index (χ4n) is 2.65. The lowest BCUT2D eigenvalue weighted by Crippen LogP contribution is -2.23. The maximum absolute atomic E-state index is 12.5. The fourth-order valence-corrected chi connectivity index (χ4v) is 2.65. The number of fused-ring (bicyclic) bond motifs is 1. The van der Waals surface area contributed by atoms with Crippen molar-refractivity contribution in [2.24, 2.45) is 0 Å². The Morgan fingerprint density at radius 3 is 2.74 bits per heavy atom. The van der Waals surface area contributed by atoms with Crippen LogP contribution in [0, 0.1) is 0 Å². The first kappa shape index (κ1) is 15.1. The normalized spacial score (nSPS) is 13.0. The van der Waals surface area contributed by atoms with E-state index in [4.69, 9.17) is 4.74 Å². The zero-order valence-electron chi connectivity index (χ0n) is 13.1. The average molecular weight is 310 g/mol. The van der Waals surface area contributed by atoms with Gasteiger partial charge < -0.3 is 15.0 Å². The first-order chi connectivity index (χ1) is 11.1.